The highest BCUT2D eigenvalue weighted by Crippen LogP contribution is 2.25. The standard InChI is InChI=1S/C18H23NO2/c1-17(2,3)11-7-8-14-12(9-11)15(20)13(10-19-14)16(21)18(4,5)6/h7-10H,1-6H3,(H,19,20). The van der Waals surface area contributed by atoms with Crippen molar-refractivity contribution in [3.05, 3.63) is 45.7 Å². The van der Waals surface area contributed by atoms with Crippen molar-refractivity contribution in [3.8, 4) is 0 Å². The number of aromatic amines is 1. The Morgan fingerprint density at radius 2 is 1.67 bits per heavy atom. The molecule has 1 aromatic heterocycles. The number of benzene rings is 1. The van der Waals surface area contributed by atoms with E-state index in [9.17, 15) is 9.59 Å². The van der Waals surface area contributed by atoms with E-state index in [0.29, 0.717) is 5.39 Å². The lowest BCUT2D eigenvalue weighted by Crippen LogP contribution is -2.27. The fourth-order valence-corrected chi connectivity index (χ4v) is 2.26. The van der Waals surface area contributed by atoms with Gasteiger partial charge in [0.1, 0.15) is 0 Å². The Kier molecular flexibility index (Phi) is 3.56. The number of hydrogen-bond donors (Lipinski definition) is 1. The summed E-state index contributed by atoms with van der Waals surface area (Å²) in [4.78, 5) is 28.1. The summed E-state index contributed by atoms with van der Waals surface area (Å²) in [6.45, 7) is 11.8. The van der Waals surface area contributed by atoms with Crippen LogP contribution in [0.15, 0.2) is 29.2 Å². The number of carbonyl (C=O) groups excluding carboxylic acids is 1. The molecule has 1 N–H and O–H groups in total. The van der Waals surface area contributed by atoms with E-state index in [1.807, 2.05) is 39.0 Å². The van der Waals surface area contributed by atoms with E-state index in [1.165, 1.54) is 6.20 Å². The first-order chi connectivity index (χ1) is 9.51. The molecule has 0 spiro atoms. The molecule has 0 amide bonds. The van der Waals surface area contributed by atoms with Crippen molar-refractivity contribution in [1.82, 2.24) is 4.98 Å². The van der Waals surface area contributed by atoms with Gasteiger partial charge in [0.05, 0.1) is 5.56 Å². The van der Waals surface area contributed by atoms with Gasteiger partial charge in [-0.15, -0.1) is 0 Å². The normalized spacial score (nSPS) is 12.7. The van der Waals surface area contributed by atoms with Gasteiger partial charge in [0.25, 0.3) is 0 Å². The van der Waals surface area contributed by atoms with Gasteiger partial charge in [-0.05, 0) is 23.1 Å². The number of pyridine rings is 1. The molecule has 0 saturated heterocycles. The van der Waals surface area contributed by atoms with E-state index in [2.05, 4.69) is 25.8 Å². The quantitative estimate of drug-likeness (QED) is 0.803. The van der Waals surface area contributed by atoms with E-state index < -0.39 is 5.41 Å². The van der Waals surface area contributed by atoms with Gasteiger partial charge >= 0.3 is 0 Å². The number of ketones is 1. The summed E-state index contributed by atoms with van der Waals surface area (Å²) >= 11 is 0. The van der Waals surface area contributed by atoms with E-state index in [1.54, 1.807) is 0 Å². The maximum absolute atomic E-state index is 12.7. The van der Waals surface area contributed by atoms with Gasteiger partial charge in [-0.2, -0.15) is 0 Å². The number of hydrogen-bond acceptors (Lipinski definition) is 2. The van der Waals surface area contributed by atoms with E-state index >= 15 is 0 Å². The highest BCUT2D eigenvalue weighted by atomic mass is 16.1. The third-order valence-corrected chi connectivity index (χ3v) is 3.67. The highest BCUT2D eigenvalue weighted by Gasteiger charge is 2.26. The van der Waals surface area contributed by atoms with Crippen LogP contribution in [0.3, 0.4) is 0 Å². The minimum Gasteiger partial charge on any atom is -0.360 e. The van der Waals surface area contributed by atoms with Crippen LogP contribution in [0.1, 0.15) is 57.5 Å². The monoisotopic (exact) mass is 285 g/mol. The van der Waals surface area contributed by atoms with Gasteiger partial charge in [-0.3, -0.25) is 9.59 Å². The summed E-state index contributed by atoms with van der Waals surface area (Å²) in [5.74, 6) is -0.133. The molecular weight excluding hydrogens is 262 g/mol. The summed E-state index contributed by atoms with van der Waals surface area (Å²) in [5.41, 5.74) is 1.29. The number of Topliss-reactive ketones (excluding diaryl/α,β-unsaturated/α-hetero) is 1. The first-order valence-electron chi connectivity index (χ1n) is 7.22. The molecule has 0 fully saturated rings. The summed E-state index contributed by atoms with van der Waals surface area (Å²) < 4.78 is 0. The second-order valence-electron chi connectivity index (χ2n) is 7.62. The molecule has 112 valence electrons. The summed E-state index contributed by atoms with van der Waals surface area (Å²) in [6, 6.07) is 5.82. The maximum Gasteiger partial charge on any atom is 0.200 e. The molecule has 3 nitrogen and oxygen atoms in total. The van der Waals surface area contributed by atoms with E-state index in [4.69, 9.17) is 0 Å². The summed E-state index contributed by atoms with van der Waals surface area (Å²) in [7, 11) is 0. The van der Waals surface area contributed by atoms with Crippen LogP contribution in [0.5, 0.6) is 0 Å². The van der Waals surface area contributed by atoms with Gasteiger partial charge in [-0.25, -0.2) is 0 Å². The topological polar surface area (TPSA) is 49.9 Å². The average molecular weight is 285 g/mol. The van der Waals surface area contributed by atoms with Gasteiger partial charge < -0.3 is 4.98 Å². The molecule has 0 aliphatic carbocycles. The Morgan fingerprint density at radius 3 is 2.19 bits per heavy atom. The number of fused-ring (bicyclic) bond motifs is 1. The van der Waals surface area contributed by atoms with Crippen LogP contribution < -0.4 is 5.43 Å². The van der Waals surface area contributed by atoms with Gasteiger partial charge in [0.15, 0.2) is 11.2 Å². The summed E-state index contributed by atoms with van der Waals surface area (Å²) in [6.07, 6.45) is 1.54. The molecule has 0 bridgehead atoms. The van der Waals surface area contributed by atoms with Crippen molar-refractivity contribution in [2.75, 3.05) is 0 Å². The van der Waals surface area contributed by atoms with Crippen molar-refractivity contribution in [2.24, 2.45) is 5.41 Å². The van der Waals surface area contributed by atoms with Crippen LogP contribution in [0.2, 0.25) is 0 Å². The van der Waals surface area contributed by atoms with Gasteiger partial charge in [-0.1, -0.05) is 47.6 Å². The van der Waals surface area contributed by atoms with Crippen LogP contribution in [0, 0.1) is 5.41 Å². The third-order valence-electron chi connectivity index (χ3n) is 3.67. The number of nitrogens with one attached hydrogen (secondary N) is 1. The smallest absolute Gasteiger partial charge is 0.200 e. The molecule has 3 heteroatoms. The lowest BCUT2D eigenvalue weighted by atomic mass is 9.85. The lowest BCUT2D eigenvalue weighted by Gasteiger charge is -2.20. The molecule has 0 unspecified atom stereocenters. The Labute approximate surface area is 125 Å². The van der Waals surface area contributed by atoms with Crippen molar-refractivity contribution in [1.29, 1.82) is 0 Å². The molecule has 0 aliphatic heterocycles. The highest BCUT2D eigenvalue weighted by molar-refractivity contribution is 6.01. The Balaban J connectivity index is 2.71. The number of rotatable bonds is 1. The molecule has 2 rings (SSSR count). The Bertz CT molecular complexity index is 755. The lowest BCUT2D eigenvalue weighted by molar-refractivity contribution is 0.0857. The molecule has 0 atom stereocenters. The van der Waals surface area contributed by atoms with Crippen LogP contribution in [-0.2, 0) is 5.41 Å². The van der Waals surface area contributed by atoms with Crippen molar-refractivity contribution in [2.45, 2.75) is 47.0 Å². The minimum atomic E-state index is -0.567. The number of aromatic nitrogens is 1. The van der Waals surface area contributed by atoms with Crippen molar-refractivity contribution >= 4 is 16.7 Å². The SMILES string of the molecule is CC(C)(C)C(=O)c1c[nH]c2ccc(C(C)(C)C)cc2c1=O. The van der Waals surface area contributed by atoms with E-state index in [-0.39, 0.29) is 22.2 Å². The molecule has 0 radical (unpaired) electrons. The van der Waals surface area contributed by atoms with Crippen molar-refractivity contribution < 1.29 is 4.79 Å². The molecule has 0 saturated carbocycles. The molecule has 1 heterocycles. The van der Waals surface area contributed by atoms with Crippen LogP contribution >= 0.6 is 0 Å². The first kappa shape index (κ1) is 15.5. The van der Waals surface area contributed by atoms with Crippen molar-refractivity contribution in [3.63, 3.8) is 0 Å². The van der Waals surface area contributed by atoms with Crippen LogP contribution in [-0.4, -0.2) is 10.8 Å². The predicted octanol–water partition coefficient (Wildman–Crippen LogP) is 4.05. The second kappa shape index (κ2) is 4.83. The maximum atomic E-state index is 12.7. The third kappa shape index (κ3) is 2.92. The predicted molar refractivity (Wildman–Crippen MR) is 87.1 cm³/mol. The first-order valence-corrected chi connectivity index (χ1v) is 7.22. The number of H-pyrrole nitrogens is 1. The zero-order valence-electron chi connectivity index (χ0n) is 13.6. The van der Waals surface area contributed by atoms with Gasteiger partial charge in [0, 0.05) is 22.5 Å². The summed E-state index contributed by atoms with van der Waals surface area (Å²) in [5, 5.41) is 0.581. The molecular formula is C18H23NO2. The van der Waals surface area contributed by atoms with E-state index in [0.717, 1.165) is 11.1 Å². The molecule has 1 aromatic carbocycles. The second-order valence-corrected chi connectivity index (χ2v) is 7.62. The molecule has 0 aliphatic rings. The average Bonchev–Trinajstić information content (AvgIpc) is 2.36. The minimum absolute atomic E-state index is 0.0370. The zero-order valence-corrected chi connectivity index (χ0v) is 13.6. The van der Waals surface area contributed by atoms with Gasteiger partial charge in [0.2, 0.25) is 0 Å². The fraction of sp³-hybridized carbons (Fsp3) is 0.444. The zero-order chi connectivity index (χ0) is 16.0. The van der Waals surface area contributed by atoms with Crippen LogP contribution in [0.25, 0.3) is 10.9 Å². The molecule has 2 aromatic rings. The Hall–Kier alpha value is -1.90. The number of carbonyl (C=O) groups is 1. The molecule has 21 heavy (non-hydrogen) atoms. The largest absolute Gasteiger partial charge is 0.360 e. The fourth-order valence-electron chi connectivity index (χ4n) is 2.26. The Morgan fingerprint density at radius 1 is 1.05 bits per heavy atom. The van der Waals surface area contributed by atoms with Crippen LogP contribution in [0.4, 0.5) is 0 Å².